The van der Waals surface area contributed by atoms with Gasteiger partial charge in [-0.05, 0) is 24.1 Å². The minimum atomic E-state index is -0.210. The lowest BCUT2D eigenvalue weighted by Crippen LogP contribution is -2.14. The smallest absolute Gasteiger partial charge is 0.308 e. The van der Waals surface area contributed by atoms with Crippen LogP contribution in [0.15, 0.2) is 24.3 Å². The van der Waals surface area contributed by atoms with Crippen molar-refractivity contribution in [1.82, 2.24) is 0 Å². The summed E-state index contributed by atoms with van der Waals surface area (Å²) in [5.41, 5.74) is 1.01. The summed E-state index contributed by atoms with van der Waals surface area (Å²) in [5.74, 6) is -0.123. The zero-order valence-electron chi connectivity index (χ0n) is 11.1. The van der Waals surface area contributed by atoms with Gasteiger partial charge >= 0.3 is 5.97 Å². The average Bonchev–Trinajstić information content (AvgIpc) is 2.32. The zero-order valence-corrected chi connectivity index (χ0v) is 11.1. The number of hydrogen-bond acceptors (Lipinski definition) is 3. The van der Waals surface area contributed by atoms with E-state index in [0.29, 0.717) is 6.42 Å². The van der Waals surface area contributed by atoms with E-state index in [9.17, 15) is 4.79 Å². The molecular formula is C14H22O3. The van der Waals surface area contributed by atoms with E-state index in [1.54, 1.807) is 24.3 Å². The molecule has 17 heavy (non-hydrogen) atoms. The third-order valence-electron chi connectivity index (χ3n) is 2.08. The molecule has 0 unspecified atom stereocenters. The molecule has 0 radical (unpaired) electrons. The predicted octanol–water partition coefficient (Wildman–Crippen LogP) is 3.16. The van der Waals surface area contributed by atoms with Crippen LogP contribution < -0.4 is 0 Å². The maximum atomic E-state index is 11.1. The summed E-state index contributed by atoms with van der Waals surface area (Å²) in [7, 11) is 1.38. The van der Waals surface area contributed by atoms with Gasteiger partial charge < -0.3 is 9.84 Å². The second-order valence-corrected chi connectivity index (χ2v) is 4.00. The van der Waals surface area contributed by atoms with Crippen LogP contribution in [-0.4, -0.2) is 18.2 Å². The zero-order chi connectivity index (χ0) is 13.3. The summed E-state index contributed by atoms with van der Waals surface area (Å²) in [6.07, 6.45) is 1.88. The molecule has 0 spiro atoms. The summed E-state index contributed by atoms with van der Waals surface area (Å²) < 4.78 is 4.62. The number of benzene rings is 1. The molecule has 0 bridgehead atoms. The number of carbonyl (C=O) groups excluding carboxylic acids is 1. The van der Waals surface area contributed by atoms with Crippen LogP contribution in [0, 0.1) is 5.92 Å². The first-order valence-electron chi connectivity index (χ1n) is 5.90. The minimum absolute atomic E-state index is 0.149. The van der Waals surface area contributed by atoms with Gasteiger partial charge in [0.15, 0.2) is 0 Å². The first-order valence-corrected chi connectivity index (χ1v) is 5.90. The molecule has 1 rings (SSSR count). The predicted molar refractivity (Wildman–Crippen MR) is 69.0 cm³/mol. The Hall–Kier alpha value is -1.51. The molecule has 0 heterocycles. The summed E-state index contributed by atoms with van der Waals surface area (Å²) >= 11 is 0. The van der Waals surface area contributed by atoms with Crippen LogP contribution in [0.4, 0.5) is 0 Å². The van der Waals surface area contributed by atoms with Crippen molar-refractivity contribution in [3.05, 3.63) is 29.8 Å². The van der Waals surface area contributed by atoms with Gasteiger partial charge in [-0.1, -0.05) is 39.3 Å². The number of ether oxygens (including phenoxy) is 1. The van der Waals surface area contributed by atoms with Crippen LogP contribution >= 0.6 is 0 Å². The molecule has 96 valence electrons. The van der Waals surface area contributed by atoms with E-state index in [1.165, 1.54) is 13.5 Å². The van der Waals surface area contributed by atoms with Gasteiger partial charge in [0.05, 0.1) is 13.0 Å². The Morgan fingerprint density at radius 2 is 1.76 bits per heavy atom. The molecule has 0 aromatic heterocycles. The first-order chi connectivity index (χ1) is 8.04. The largest absolute Gasteiger partial charge is 0.508 e. The fraction of sp³-hybridized carbons (Fsp3) is 0.500. The summed E-state index contributed by atoms with van der Waals surface area (Å²) in [6, 6.07) is 6.82. The lowest BCUT2D eigenvalue weighted by atomic mass is 10.0. The Kier molecular flexibility index (Phi) is 7.85. The molecule has 1 aromatic carbocycles. The maximum Gasteiger partial charge on any atom is 0.308 e. The van der Waals surface area contributed by atoms with Gasteiger partial charge in [-0.2, -0.15) is 0 Å². The third kappa shape index (κ3) is 6.61. The highest BCUT2D eigenvalue weighted by molar-refractivity contribution is 5.72. The molecule has 0 aliphatic rings. The Morgan fingerprint density at radius 1 is 1.29 bits per heavy atom. The molecule has 0 saturated heterocycles. The molecule has 1 aromatic rings. The normalized spacial score (nSPS) is 11.1. The van der Waals surface area contributed by atoms with Gasteiger partial charge in [-0.25, -0.2) is 0 Å². The topological polar surface area (TPSA) is 46.5 Å². The van der Waals surface area contributed by atoms with Gasteiger partial charge in [0, 0.05) is 0 Å². The van der Waals surface area contributed by atoms with Crippen LogP contribution in [0.1, 0.15) is 32.8 Å². The molecule has 0 aliphatic heterocycles. The van der Waals surface area contributed by atoms with Crippen LogP contribution in [0.3, 0.4) is 0 Å². The molecule has 0 fully saturated rings. The molecule has 0 saturated carbocycles. The highest BCUT2D eigenvalue weighted by Crippen LogP contribution is 2.14. The van der Waals surface area contributed by atoms with Crippen molar-refractivity contribution in [2.75, 3.05) is 7.11 Å². The van der Waals surface area contributed by atoms with E-state index in [-0.39, 0.29) is 17.6 Å². The Labute approximate surface area is 103 Å². The number of carbonyl (C=O) groups is 1. The average molecular weight is 238 g/mol. The van der Waals surface area contributed by atoms with E-state index in [2.05, 4.69) is 18.6 Å². The summed E-state index contributed by atoms with van der Waals surface area (Å²) in [4.78, 5) is 11.1. The molecule has 3 nitrogen and oxygen atoms in total. The number of methoxy groups -OCH3 is 1. The van der Waals surface area contributed by atoms with E-state index in [0.717, 1.165) is 5.56 Å². The molecule has 1 atom stereocenters. The summed E-state index contributed by atoms with van der Waals surface area (Å²) in [6.45, 7) is 6.07. The second kappa shape index (κ2) is 8.62. The second-order valence-electron chi connectivity index (χ2n) is 4.00. The number of rotatable bonds is 3. The van der Waals surface area contributed by atoms with Crippen LogP contribution in [0.25, 0.3) is 0 Å². The van der Waals surface area contributed by atoms with Crippen LogP contribution in [0.2, 0.25) is 0 Å². The van der Waals surface area contributed by atoms with Crippen molar-refractivity contribution in [3.63, 3.8) is 0 Å². The quantitative estimate of drug-likeness (QED) is 0.823. The van der Waals surface area contributed by atoms with Gasteiger partial charge in [-0.15, -0.1) is 0 Å². The van der Waals surface area contributed by atoms with E-state index < -0.39 is 0 Å². The fourth-order valence-corrected chi connectivity index (χ4v) is 1.27. The minimum Gasteiger partial charge on any atom is -0.508 e. The fourth-order valence-electron chi connectivity index (χ4n) is 1.27. The van der Waals surface area contributed by atoms with Crippen LogP contribution in [-0.2, 0) is 16.0 Å². The molecular weight excluding hydrogens is 216 g/mol. The Balaban J connectivity index is 0.000000770. The monoisotopic (exact) mass is 238 g/mol. The van der Waals surface area contributed by atoms with Crippen molar-refractivity contribution in [2.45, 2.75) is 33.6 Å². The van der Waals surface area contributed by atoms with Gasteiger partial charge in [0.25, 0.3) is 0 Å². The molecule has 3 heteroatoms. The number of aromatic hydroxyl groups is 1. The van der Waals surface area contributed by atoms with E-state index in [4.69, 9.17) is 5.11 Å². The Bertz CT molecular complexity index is 317. The first kappa shape index (κ1) is 15.5. The third-order valence-corrected chi connectivity index (χ3v) is 2.08. The molecule has 1 N–H and O–H groups in total. The highest BCUT2D eigenvalue weighted by atomic mass is 16.5. The van der Waals surface area contributed by atoms with E-state index in [1.807, 2.05) is 6.92 Å². The van der Waals surface area contributed by atoms with Crippen LogP contribution in [0.5, 0.6) is 5.75 Å². The number of hydrogen-bond donors (Lipinski definition) is 1. The van der Waals surface area contributed by atoms with Gasteiger partial charge in [-0.3, -0.25) is 4.79 Å². The maximum absolute atomic E-state index is 11.1. The van der Waals surface area contributed by atoms with Crippen molar-refractivity contribution < 1.29 is 14.6 Å². The SMILES string of the molecule is CCC.COC(=O)[C@H](C)Cc1ccc(O)cc1. The standard InChI is InChI=1S/C11H14O3.C3H8/c1-8(11(13)14-2)7-9-3-5-10(12)6-4-9;1-3-2/h3-6,8,12H,7H2,1-2H3;3H2,1-2H3/t8-;/m1./s1. The Morgan fingerprint density at radius 3 is 2.18 bits per heavy atom. The highest BCUT2D eigenvalue weighted by Gasteiger charge is 2.13. The van der Waals surface area contributed by atoms with Crippen molar-refractivity contribution in [1.29, 1.82) is 0 Å². The lowest BCUT2D eigenvalue weighted by molar-refractivity contribution is -0.144. The van der Waals surface area contributed by atoms with E-state index >= 15 is 0 Å². The van der Waals surface area contributed by atoms with Crippen molar-refractivity contribution in [2.24, 2.45) is 5.92 Å². The van der Waals surface area contributed by atoms with Crippen molar-refractivity contribution in [3.8, 4) is 5.75 Å². The lowest BCUT2D eigenvalue weighted by Gasteiger charge is -2.08. The number of phenols is 1. The molecule has 0 aliphatic carbocycles. The number of esters is 1. The van der Waals surface area contributed by atoms with Gasteiger partial charge in [0.1, 0.15) is 5.75 Å². The number of phenolic OH excluding ortho intramolecular Hbond substituents is 1. The van der Waals surface area contributed by atoms with Gasteiger partial charge in [0.2, 0.25) is 0 Å². The van der Waals surface area contributed by atoms with Crippen molar-refractivity contribution >= 4 is 5.97 Å². The summed E-state index contributed by atoms with van der Waals surface area (Å²) in [5, 5.41) is 9.05. The molecule has 0 amide bonds.